The van der Waals surface area contributed by atoms with Crippen LogP contribution in [0.1, 0.15) is 79.1 Å². The second kappa shape index (κ2) is 28.6. The number of ketones is 2. The van der Waals surface area contributed by atoms with Gasteiger partial charge in [-0.1, -0.05) is 32.9 Å². The summed E-state index contributed by atoms with van der Waals surface area (Å²) in [6.07, 6.45) is 0.526. The molecule has 6 amide bonds. The first kappa shape index (κ1) is 47.6. The highest BCUT2D eigenvalue weighted by atomic mass is 16.6. The van der Waals surface area contributed by atoms with E-state index in [9.17, 15) is 38.4 Å². The summed E-state index contributed by atoms with van der Waals surface area (Å²) in [5, 5.41) is 8.02. The van der Waals surface area contributed by atoms with Crippen LogP contribution in [0, 0.1) is 17.8 Å². The van der Waals surface area contributed by atoms with Crippen molar-refractivity contribution in [1.29, 1.82) is 0 Å². The molecule has 58 heavy (non-hydrogen) atoms. The van der Waals surface area contributed by atoms with Crippen molar-refractivity contribution in [3.8, 4) is 0 Å². The molecule has 324 valence electrons. The van der Waals surface area contributed by atoms with Gasteiger partial charge in [0.15, 0.2) is 7.15 Å². The molecule has 0 bridgehead atoms. The van der Waals surface area contributed by atoms with Crippen molar-refractivity contribution < 1.29 is 63.4 Å². The fraction of sp³-hybridized carbons (Fsp3) is 0.650. The van der Waals surface area contributed by atoms with Crippen LogP contribution in [0.5, 0.6) is 0 Å². The number of nitrogens with zero attached hydrogens (tertiary/aromatic N) is 1. The predicted molar refractivity (Wildman–Crippen MR) is 210 cm³/mol. The van der Waals surface area contributed by atoms with Gasteiger partial charge in [0.1, 0.15) is 12.4 Å². The highest BCUT2D eigenvalue weighted by Gasteiger charge is 2.35. The topological polar surface area (TPSA) is 248 Å². The van der Waals surface area contributed by atoms with E-state index in [2.05, 4.69) is 20.7 Å². The highest BCUT2D eigenvalue weighted by molar-refractivity contribution is 6.03. The van der Waals surface area contributed by atoms with Crippen LogP contribution in [-0.2, 0) is 63.9 Å². The molecule has 1 aliphatic heterocycles. The van der Waals surface area contributed by atoms with Gasteiger partial charge in [-0.25, -0.2) is 4.79 Å². The van der Waals surface area contributed by atoms with Gasteiger partial charge in [0.25, 0.3) is 6.45 Å². The third kappa shape index (κ3) is 20.6. The molecular weight excluding hydrogens is 758 g/mol. The summed E-state index contributed by atoms with van der Waals surface area (Å²) >= 11 is 0. The minimum atomic E-state index is -1.16. The molecule has 18 nitrogen and oxygen atoms in total. The number of rotatable bonds is 32. The molecule has 0 spiro atoms. The number of primary amides is 1. The summed E-state index contributed by atoms with van der Waals surface area (Å²) in [6, 6.07) is 4.91. The first-order valence-corrected chi connectivity index (χ1v) is 19.7. The molecule has 1 aromatic carbocycles. The second-order valence-electron chi connectivity index (χ2n) is 14.2. The van der Waals surface area contributed by atoms with Gasteiger partial charge in [-0.05, 0) is 42.9 Å². The lowest BCUT2D eigenvalue weighted by molar-refractivity contribution is -0.139. The van der Waals surface area contributed by atoms with E-state index in [4.69, 9.17) is 26.1 Å². The zero-order chi connectivity index (χ0) is 43.6. The standard InChI is InChI=1S/C40H61N5O13/c1-28(2)37(34(48)25-31(6-4-14-42-40(41)53)38(51)43-32-10-8-30(9-11-32)26-58-27-46)44-35(49)13-17-55-19-21-57-23-22-56-20-18-54-16-5-7-33(47)12-15-45-36(50)24-29(3)39(45)52/h8-11,27-29,31,37H,4-7,12-26H2,1-3H3,(H,43,51)(H,44,49)(H3,41,42,53)/t29?,31-,37+/m1/s1/i27D. The lowest BCUT2D eigenvalue weighted by atomic mass is 9.89. The Balaban J connectivity index is 1.60. The number of anilines is 1. The van der Waals surface area contributed by atoms with Crippen molar-refractivity contribution in [2.45, 2.75) is 84.8 Å². The fourth-order valence-electron chi connectivity index (χ4n) is 5.90. The molecule has 18 heteroatoms. The number of likely N-dealkylation sites (tertiary alicyclic amines) is 1. The second-order valence-corrected chi connectivity index (χ2v) is 14.2. The number of amides is 6. The number of urea groups is 1. The average Bonchev–Trinajstić information content (AvgIpc) is 3.43. The van der Waals surface area contributed by atoms with Crippen LogP contribution in [0.25, 0.3) is 0 Å². The number of hydrogen-bond donors (Lipinski definition) is 4. The Labute approximate surface area is 341 Å². The number of benzene rings is 1. The van der Waals surface area contributed by atoms with E-state index >= 15 is 0 Å². The van der Waals surface area contributed by atoms with Crippen molar-refractivity contribution in [1.82, 2.24) is 15.5 Å². The van der Waals surface area contributed by atoms with Crippen LogP contribution < -0.4 is 21.7 Å². The van der Waals surface area contributed by atoms with E-state index in [1.165, 1.54) is 4.90 Å². The van der Waals surface area contributed by atoms with E-state index in [1.54, 1.807) is 45.0 Å². The van der Waals surface area contributed by atoms with Gasteiger partial charge < -0.3 is 45.4 Å². The van der Waals surface area contributed by atoms with Crippen molar-refractivity contribution in [3.63, 3.8) is 0 Å². The van der Waals surface area contributed by atoms with Crippen molar-refractivity contribution in [2.24, 2.45) is 23.5 Å². The van der Waals surface area contributed by atoms with Gasteiger partial charge in [-0.15, -0.1) is 0 Å². The monoisotopic (exact) mass is 820 g/mol. The Bertz CT molecular complexity index is 1530. The Hall–Kier alpha value is -4.78. The SMILES string of the molecule is [2H]C(=O)OCc1ccc(NC(=O)[C@H](CCCNC(N)=O)CC(=O)[C@@H](NC(=O)CCOCCOCCOCCOCCCC(=O)CCN2C(=O)CC(C)C2=O)C(C)C)cc1. The van der Waals surface area contributed by atoms with Gasteiger partial charge >= 0.3 is 6.03 Å². The summed E-state index contributed by atoms with van der Waals surface area (Å²) in [7, 11) is 0. The number of nitrogens with one attached hydrogen (secondary N) is 3. The van der Waals surface area contributed by atoms with Gasteiger partial charge in [0.2, 0.25) is 23.6 Å². The minimum Gasteiger partial charge on any atom is -0.463 e. The first-order valence-electron chi connectivity index (χ1n) is 20.2. The Morgan fingerprint density at radius 3 is 2.09 bits per heavy atom. The summed E-state index contributed by atoms with van der Waals surface area (Å²) in [4.78, 5) is 98.4. The van der Waals surface area contributed by atoms with Gasteiger partial charge in [-0.2, -0.15) is 0 Å². The Morgan fingerprint density at radius 1 is 0.897 bits per heavy atom. The molecule has 1 aliphatic rings. The summed E-state index contributed by atoms with van der Waals surface area (Å²) in [5.41, 5.74) is 6.21. The van der Waals surface area contributed by atoms with Crippen molar-refractivity contribution >= 4 is 53.4 Å². The lowest BCUT2D eigenvalue weighted by Gasteiger charge is -2.24. The maximum atomic E-state index is 13.5. The molecule has 5 N–H and O–H groups in total. The number of imide groups is 1. The molecule has 1 unspecified atom stereocenters. The third-order valence-corrected chi connectivity index (χ3v) is 9.11. The van der Waals surface area contributed by atoms with E-state index in [-0.39, 0.29) is 113 Å². The molecule has 2 rings (SSSR count). The quantitative estimate of drug-likeness (QED) is 0.0462. The van der Waals surface area contributed by atoms with Gasteiger partial charge in [0.05, 0.1) is 52.3 Å². The summed E-state index contributed by atoms with van der Waals surface area (Å²) < 4.78 is 33.4. The zero-order valence-electron chi connectivity index (χ0n) is 34.9. The highest BCUT2D eigenvalue weighted by Crippen LogP contribution is 2.20. The number of nitrogens with two attached hydrogens (primary N) is 1. The number of ether oxygens (including phenoxy) is 5. The molecule has 1 heterocycles. The van der Waals surface area contributed by atoms with Crippen LogP contribution in [-0.4, -0.2) is 125 Å². The largest absolute Gasteiger partial charge is 0.463 e. The van der Waals surface area contributed by atoms with E-state index in [1.807, 2.05) is 0 Å². The normalized spacial score (nSPS) is 15.1. The molecule has 1 saturated heterocycles. The minimum absolute atomic E-state index is 0.00736. The molecule has 3 atom stereocenters. The smallest absolute Gasteiger partial charge is 0.312 e. The molecule has 0 radical (unpaired) electrons. The molecule has 0 saturated carbocycles. The van der Waals surface area contributed by atoms with E-state index in [0.29, 0.717) is 63.5 Å². The van der Waals surface area contributed by atoms with Crippen LogP contribution in [0.2, 0.25) is 0 Å². The zero-order valence-corrected chi connectivity index (χ0v) is 33.9. The summed E-state index contributed by atoms with van der Waals surface area (Å²) in [6.45, 7) is 7.95. The molecule has 1 aromatic rings. The Kier molecular flexibility index (Phi) is 23.5. The molecular formula is C40H61N5O13. The van der Waals surface area contributed by atoms with Crippen LogP contribution in [0.3, 0.4) is 0 Å². The molecule has 0 aromatic heterocycles. The number of carbonyl (C=O) groups excluding carboxylic acids is 8. The van der Waals surface area contributed by atoms with E-state index in [0.717, 1.165) is 0 Å². The van der Waals surface area contributed by atoms with Crippen LogP contribution in [0.4, 0.5) is 10.5 Å². The van der Waals surface area contributed by atoms with E-state index < -0.39 is 30.3 Å². The maximum absolute atomic E-state index is 13.5. The van der Waals surface area contributed by atoms with Crippen molar-refractivity contribution in [2.75, 3.05) is 71.3 Å². The van der Waals surface area contributed by atoms with Crippen LogP contribution in [0.15, 0.2) is 24.3 Å². The fourth-order valence-corrected chi connectivity index (χ4v) is 5.90. The van der Waals surface area contributed by atoms with Crippen molar-refractivity contribution in [3.05, 3.63) is 29.8 Å². The number of carbonyl (C=O) groups is 8. The van der Waals surface area contributed by atoms with Gasteiger partial charge in [-0.3, -0.25) is 38.5 Å². The predicted octanol–water partition coefficient (Wildman–Crippen LogP) is 2.05. The third-order valence-electron chi connectivity index (χ3n) is 9.11. The number of Topliss-reactive ketones (excluding diaryl/α,β-unsaturated/α-hetero) is 2. The van der Waals surface area contributed by atoms with Crippen LogP contribution >= 0.6 is 0 Å². The first-order chi connectivity index (χ1) is 28.2. The Morgan fingerprint density at radius 2 is 1.52 bits per heavy atom. The average molecular weight is 821 g/mol. The maximum Gasteiger partial charge on any atom is 0.312 e. The lowest BCUT2D eigenvalue weighted by Crippen LogP contribution is -2.45. The van der Waals surface area contributed by atoms with Gasteiger partial charge in [0, 0.05) is 69.3 Å². The molecule has 0 aliphatic carbocycles. The molecule has 1 fully saturated rings. The number of hydrogen-bond acceptors (Lipinski definition) is 13. The summed E-state index contributed by atoms with van der Waals surface area (Å²) in [5.74, 6) is -2.94.